The highest BCUT2D eigenvalue weighted by Crippen LogP contribution is 2.16. The predicted molar refractivity (Wildman–Crippen MR) is 105 cm³/mol. The van der Waals surface area contributed by atoms with Crippen LogP contribution in [0.5, 0.6) is 0 Å². The standard InChI is InChI=1S/C18H27N7O/c1-13-7-8-14(17(21-13)20-12-6-4-5-11-19)18(26)22-15-9-10-16(24-23-15)25(2)3/h7-10H,4-6,11-12,19H2,1-3H3,(H,20,21)(H,22,23,26). The van der Waals surface area contributed by atoms with Crippen LogP contribution < -0.4 is 21.3 Å². The molecule has 1 amide bonds. The Hall–Kier alpha value is -2.74. The van der Waals surface area contributed by atoms with E-state index in [0.717, 1.165) is 37.3 Å². The van der Waals surface area contributed by atoms with Crippen molar-refractivity contribution in [1.29, 1.82) is 0 Å². The summed E-state index contributed by atoms with van der Waals surface area (Å²) in [5, 5.41) is 14.1. The van der Waals surface area contributed by atoms with Crippen LogP contribution in [0.25, 0.3) is 0 Å². The zero-order chi connectivity index (χ0) is 18.9. The molecule has 0 saturated heterocycles. The normalized spacial score (nSPS) is 10.5. The molecule has 2 aromatic rings. The molecule has 8 heteroatoms. The van der Waals surface area contributed by atoms with Gasteiger partial charge in [0.2, 0.25) is 0 Å². The van der Waals surface area contributed by atoms with Crippen LogP contribution in [0.3, 0.4) is 0 Å². The Morgan fingerprint density at radius 2 is 1.92 bits per heavy atom. The van der Waals surface area contributed by atoms with Crippen molar-refractivity contribution >= 4 is 23.4 Å². The van der Waals surface area contributed by atoms with Gasteiger partial charge < -0.3 is 21.3 Å². The molecule has 0 fully saturated rings. The van der Waals surface area contributed by atoms with E-state index in [1.807, 2.05) is 32.0 Å². The number of unbranched alkanes of at least 4 members (excludes halogenated alkanes) is 2. The number of hydrogen-bond donors (Lipinski definition) is 3. The first-order valence-corrected chi connectivity index (χ1v) is 8.75. The molecular weight excluding hydrogens is 330 g/mol. The molecule has 0 bridgehead atoms. The molecule has 2 aromatic heterocycles. The molecule has 0 aromatic carbocycles. The Morgan fingerprint density at radius 3 is 2.58 bits per heavy atom. The van der Waals surface area contributed by atoms with E-state index in [4.69, 9.17) is 5.73 Å². The van der Waals surface area contributed by atoms with Gasteiger partial charge in [0.15, 0.2) is 11.6 Å². The van der Waals surface area contributed by atoms with Crippen LogP contribution in [0, 0.1) is 6.92 Å². The number of amides is 1. The van der Waals surface area contributed by atoms with Crippen molar-refractivity contribution in [2.75, 3.05) is 42.7 Å². The van der Waals surface area contributed by atoms with Crippen LogP contribution in [-0.2, 0) is 0 Å². The van der Waals surface area contributed by atoms with Crippen LogP contribution >= 0.6 is 0 Å². The van der Waals surface area contributed by atoms with E-state index in [-0.39, 0.29) is 5.91 Å². The lowest BCUT2D eigenvalue weighted by Gasteiger charge is -2.13. The first-order valence-electron chi connectivity index (χ1n) is 8.75. The van der Waals surface area contributed by atoms with E-state index in [2.05, 4.69) is 25.8 Å². The van der Waals surface area contributed by atoms with Gasteiger partial charge in [-0.1, -0.05) is 6.42 Å². The SMILES string of the molecule is Cc1ccc(C(=O)Nc2ccc(N(C)C)nn2)c(NCCCCCN)n1. The minimum absolute atomic E-state index is 0.270. The Morgan fingerprint density at radius 1 is 1.12 bits per heavy atom. The van der Waals surface area contributed by atoms with Crippen molar-refractivity contribution in [2.45, 2.75) is 26.2 Å². The number of aryl methyl sites for hydroxylation is 1. The summed E-state index contributed by atoms with van der Waals surface area (Å²) in [4.78, 5) is 18.9. The van der Waals surface area contributed by atoms with E-state index in [0.29, 0.717) is 23.7 Å². The van der Waals surface area contributed by atoms with Gasteiger partial charge in [-0.2, -0.15) is 0 Å². The van der Waals surface area contributed by atoms with Gasteiger partial charge in [0.05, 0.1) is 5.56 Å². The average Bonchev–Trinajstić information content (AvgIpc) is 2.62. The Bertz CT molecular complexity index is 716. The maximum Gasteiger partial charge on any atom is 0.260 e. The van der Waals surface area contributed by atoms with Crippen molar-refractivity contribution in [3.8, 4) is 0 Å². The number of anilines is 3. The third-order valence-electron chi connectivity index (χ3n) is 3.80. The van der Waals surface area contributed by atoms with E-state index in [9.17, 15) is 4.79 Å². The fraction of sp³-hybridized carbons (Fsp3) is 0.444. The number of pyridine rings is 1. The third-order valence-corrected chi connectivity index (χ3v) is 3.80. The van der Waals surface area contributed by atoms with Crippen molar-refractivity contribution in [1.82, 2.24) is 15.2 Å². The van der Waals surface area contributed by atoms with Crippen LogP contribution in [0.1, 0.15) is 35.3 Å². The van der Waals surface area contributed by atoms with E-state index in [1.54, 1.807) is 18.2 Å². The fourth-order valence-electron chi connectivity index (χ4n) is 2.34. The minimum Gasteiger partial charge on any atom is -0.369 e. The number of nitrogens with two attached hydrogens (primary N) is 1. The van der Waals surface area contributed by atoms with Gasteiger partial charge in [0.25, 0.3) is 5.91 Å². The monoisotopic (exact) mass is 357 g/mol. The highest BCUT2D eigenvalue weighted by molar-refractivity contribution is 6.07. The lowest BCUT2D eigenvalue weighted by molar-refractivity contribution is 0.102. The van der Waals surface area contributed by atoms with Crippen LogP contribution in [0.4, 0.5) is 17.5 Å². The summed E-state index contributed by atoms with van der Waals surface area (Å²) in [6.45, 7) is 3.34. The molecule has 8 nitrogen and oxygen atoms in total. The molecular formula is C18H27N7O. The average molecular weight is 357 g/mol. The number of nitrogens with zero attached hydrogens (tertiary/aromatic N) is 4. The Labute approximate surface area is 154 Å². The maximum absolute atomic E-state index is 12.6. The van der Waals surface area contributed by atoms with E-state index in [1.165, 1.54) is 0 Å². The highest BCUT2D eigenvalue weighted by atomic mass is 16.1. The zero-order valence-electron chi connectivity index (χ0n) is 15.6. The molecule has 4 N–H and O–H groups in total. The quantitative estimate of drug-likeness (QED) is 0.589. The van der Waals surface area contributed by atoms with Crippen molar-refractivity contribution in [2.24, 2.45) is 5.73 Å². The molecule has 0 aliphatic heterocycles. The fourth-order valence-corrected chi connectivity index (χ4v) is 2.34. The van der Waals surface area contributed by atoms with Crippen LogP contribution in [-0.4, -0.2) is 48.3 Å². The zero-order valence-corrected chi connectivity index (χ0v) is 15.6. The minimum atomic E-state index is -0.270. The molecule has 0 atom stereocenters. The number of carbonyl (C=O) groups is 1. The highest BCUT2D eigenvalue weighted by Gasteiger charge is 2.14. The Balaban J connectivity index is 2.05. The van der Waals surface area contributed by atoms with Gasteiger partial charge in [-0.15, -0.1) is 10.2 Å². The first-order chi connectivity index (χ1) is 12.5. The molecule has 2 heterocycles. The van der Waals surface area contributed by atoms with Crippen LogP contribution in [0.2, 0.25) is 0 Å². The second kappa shape index (κ2) is 9.67. The van der Waals surface area contributed by atoms with E-state index < -0.39 is 0 Å². The lowest BCUT2D eigenvalue weighted by Crippen LogP contribution is -2.18. The Kier molecular flexibility index (Phi) is 7.28. The molecule has 2 rings (SSSR count). The van der Waals surface area contributed by atoms with Gasteiger partial charge in [-0.05, 0) is 50.6 Å². The first kappa shape index (κ1) is 19.6. The summed E-state index contributed by atoms with van der Waals surface area (Å²) in [5.74, 6) is 1.43. The van der Waals surface area contributed by atoms with Crippen molar-refractivity contribution in [3.63, 3.8) is 0 Å². The van der Waals surface area contributed by atoms with Gasteiger partial charge in [-0.25, -0.2) is 4.98 Å². The van der Waals surface area contributed by atoms with Gasteiger partial charge >= 0.3 is 0 Å². The lowest BCUT2D eigenvalue weighted by atomic mass is 10.2. The molecule has 0 saturated carbocycles. The molecule has 0 spiro atoms. The van der Waals surface area contributed by atoms with Crippen molar-refractivity contribution < 1.29 is 4.79 Å². The molecule has 140 valence electrons. The van der Waals surface area contributed by atoms with Gasteiger partial charge in [-0.3, -0.25) is 4.79 Å². The summed E-state index contributed by atoms with van der Waals surface area (Å²) >= 11 is 0. The molecule has 0 unspecified atom stereocenters. The summed E-state index contributed by atoms with van der Waals surface area (Å²) < 4.78 is 0. The summed E-state index contributed by atoms with van der Waals surface area (Å²) in [5.41, 5.74) is 6.83. The second-order valence-electron chi connectivity index (χ2n) is 6.25. The number of rotatable bonds is 9. The summed E-state index contributed by atoms with van der Waals surface area (Å²) in [6.07, 6.45) is 3.02. The predicted octanol–water partition coefficient (Wildman–Crippen LogP) is 2.04. The molecule has 0 radical (unpaired) electrons. The van der Waals surface area contributed by atoms with Crippen molar-refractivity contribution in [3.05, 3.63) is 35.5 Å². The van der Waals surface area contributed by atoms with E-state index >= 15 is 0 Å². The number of carbonyl (C=O) groups excluding carboxylic acids is 1. The number of aromatic nitrogens is 3. The number of hydrogen-bond acceptors (Lipinski definition) is 7. The topological polar surface area (TPSA) is 109 Å². The number of nitrogens with one attached hydrogen (secondary N) is 2. The van der Waals surface area contributed by atoms with Gasteiger partial charge in [0.1, 0.15) is 5.82 Å². The molecule has 26 heavy (non-hydrogen) atoms. The second-order valence-corrected chi connectivity index (χ2v) is 6.25. The molecule has 0 aliphatic carbocycles. The van der Waals surface area contributed by atoms with Crippen LogP contribution in [0.15, 0.2) is 24.3 Å². The third kappa shape index (κ3) is 5.66. The largest absolute Gasteiger partial charge is 0.369 e. The molecule has 0 aliphatic rings. The maximum atomic E-state index is 12.6. The summed E-state index contributed by atoms with van der Waals surface area (Å²) in [6, 6.07) is 7.10. The summed E-state index contributed by atoms with van der Waals surface area (Å²) in [7, 11) is 3.76. The smallest absolute Gasteiger partial charge is 0.260 e. The van der Waals surface area contributed by atoms with Gasteiger partial charge in [0, 0.05) is 26.3 Å².